The first kappa shape index (κ1) is 20.8. The fourth-order valence-corrected chi connectivity index (χ4v) is 3.76. The smallest absolute Gasteiger partial charge is 0.257 e. The van der Waals surface area contributed by atoms with E-state index in [0.29, 0.717) is 17.2 Å². The fraction of sp³-hybridized carbons (Fsp3) is 0.273. The topological polar surface area (TPSA) is 83.5 Å². The first-order chi connectivity index (χ1) is 13.9. The Morgan fingerprint density at radius 2 is 1.83 bits per heavy atom. The van der Waals surface area contributed by atoms with Gasteiger partial charge in [-0.2, -0.15) is 0 Å². The summed E-state index contributed by atoms with van der Waals surface area (Å²) in [5.41, 5.74) is 3.12. The Morgan fingerprint density at radius 1 is 1.14 bits per heavy atom. The van der Waals surface area contributed by atoms with Gasteiger partial charge in [-0.05, 0) is 42.0 Å². The van der Waals surface area contributed by atoms with Crippen molar-refractivity contribution >= 4 is 28.1 Å². The quantitative estimate of drug-likeness (QED) is 0.519. The summed E-state index contributed by atoms with van der Waals surface area (Å²) in [5, 5.41) is 17.3. The van der Waals surface area contributed by atoms with Crippen molar-refractivity contribution in [2.45, 2.75) is 19.3 Å². The molecule has 0 fully saturated rings. The van der Waals surface area contributed by atoms with Gasteiger partial charge in [-0.15, -0.1) is 11.3 Å². The minimum Gasteiger partial charge on any atom is -0.497 e. The zero-order chi connectivity index (χ0) is 20.9. The Labute approximate surface area is 174 Å². The molecule has 0 aliphatic rings. The first-order valence-corrected chi connectivity index (χ1v) is 10.2. The van der Waals surface area contributed by atoms with E-state index in [4.69, 9.17) is 9.84 Å². The summed E-state index contributed by atoms with van der Waals surface area (Å²) in [5.74, 6) is 0.607. The first-order valence-electron chi connectivity index (χ1n) is 9.30. The Hall–Kier alpha value is -2.90. The number of carbonyl (C=O) groups is 1. The predicted molar refractivity (Wildman–Crippen MR) is 117 cm³/mol. The molecule has 0 atom stereocenters. The Balaban J connectivity index is 1.69. The molecule has 1 aromatic heterocycles. The number of carbonyl (C=O) groups excluding carboxylic acids is 1. The minimum absolute atomic E-state index is 0.0570. The van der Waals surface area contributed by atoms with Crippen molar-refractivity contribution in [3.05, 3.63) is 70.7 Å². The number of hydrogen-bond donors (Lipinski definition) is 3. The molecule has 1 heterocycles. The van der Waals surface area contributed by atoms with Crippen LogP contribution in [0.1, 0.15) is 35.5 Å². The van der Waals surface area contributed by atoms with Gasteiger partial charge in [0.15, 0.2) is 5.13 Å². The third-order valence-corrected chi connectivity index (χ3v) is 5.52. The van der Waals surface area contributed by atoms with Gasteiger partial charge in [-0.3, -0.25) is 10.1 Å². The lowest BCUT2D eigenvalue weighted by molar-refractivity contribution is 0.102. The highest BCUT2D eigenvalue weighted by molar-refractivity contribution is 7.14. The number of methoxy groups -OCH3 is 1. The number of aromatic nitrogens is 1. The predicted octanol–water partition coefficient (Wildman–Crippen LogP) is 4.13. The Kier molecular flexibility index (Phi) is 6.51. The van der Waals surface area contributed by atoms with E-state index in [9.17, 15) is 4.79 Å². The zero-order valence-corrected chi connectivity index (χ0v) is 17.5. The molecule has 0 radical (unpaired) electrons. The molecule has 2 aromatic carbocycles. The number of amides is 1. The van der Waals surface area contributed by atoms with Crippen molar-refractivity contribution in [2.24, 2.45) is 0 Å². The van der Waals surface area contributed by atoms with Crippen LogP contribution in [0.4, 0.5) is 10.8 Å². The number of anilines is 2. The molecule has 1 amide bonds. The van der Waals surface area contributed by atoms with Crippen LogP contribution in [0.2, 0.25) is 0 Å². The van der Waals surface area contributed by atoms with E-state index in [2.05, 4.69) is 29.5 Å². The van der Waals surface area contributed by atoms with Crippen LogP contribution in [-0.2, 0) is 5.41 Å². The van der Waals surface area contributed by atoms with Crippen LogP contribution in [0.5, 0.6) is 5.75 Å². The molecule has 0 saturated heterocycles. The number of nitrogens with one attached hydrogen (secondary N) is 2. The molecular formula is C22H25N3O3S. The molecule has 0 saturated carbocycles. The second kappa shape index (κ2) is 9.07. The summed E-state index contributed by atoms with van der Waals surface area (Å²) in [6, 6.07) is 15.0. The van der Waals surface area contributed by atoms with Crippen LogP contribution in [0.25, 0.3) is 0 Å². The molecule has 0 aliphatic carbocycles. The second-order valence-electron chi connectivity index (χ2n) is 7.07. The average Bonchev–Trinajstić information content (AvgIpc) is 3.22. The molecule has 29 heavy (non-hydrogen) atoms. The van der Waals surface area contributed by atoms with Gasteiger partial charge in [0.1, 0.15) is 5.75 Å². The van der Waals surface area contributed by atoms with Crippen LogP contribution in [0, 0.1) is 0 Å². The summed E-state index contributed by atoms with van der Waals surface area (Å²) in [6.45, 7) is 4.74. The molecule has 152 valence electrons. The lowest BCUT2D eigenvalue weighted by Crippen LogP contribution is -2.19. The van der Waals surface area contributed by atoms with Crippen molar-refractivity contribution in [1.82, 2.24) is 4.98 Å². The van der Waals surface area contributed by atoms with Gasteiger partial charge in [0.05, 0.1) is 19.4 Å². The maximum Gasteiger partial charge on any atom is 0.257 e. The molecule has 0 bridgehead atoms. The number of nitrogens with zero attached hydrogens (tertiary/aromatic N) is 1. The third kappa shape index (κ3) is 4.93. The number of ether oxygens (including phenoxy) is 1. The van der Waals surface area contributed by atoms with Gasteiger partial charge in [-0.1, -0.05) is 26.0 Å². The Bertz CT molecular complexity index is 950. The van der Waals surface area contributed by atoms with E-state index in [1.165, 1.54) is 11.3 Å². The molecule has 0 spiro atoms. The van der Waals surface area contributed by atoms with Crippen LogP contribution in [-0.4, -0.2) is 36.3 Å². The van der Waals surface area contributed by atoms with Gasteiger partial charge < -0.3 is 15.2 Å². The largest absolute Gasteiger partial charge is 0.497 e. The van der Waals surface area contributed by atoms with Gasteiger partial charge >= 0.3 is 0 Å². The van der Waals surface area contributed by atoms with Crippen LogP contribution < -0.4 is 15.4 Å². The molecule has 0 unspecified atom stereocenters. The standard InChI is InChI=1S/C22H25N3O3S/c1-22(2,16-6-10-18(28-3)11-7-16)19-14-29-21(24-19)25-20(27)15-4-8-17(9-5-15)23-12-13-26/h4-11,14,23,26H,12-13H2,1-3H3,(H,24,25,27). The van der Waals surface area contributed by atoms with E-state index in [1.54, 1.807) is 19.2 Å². The maximum absolute atomic E-state index is 12.5. The minimum atomic E-state index is -0.300. The highest BCUT2D eigenvalue weighted by Crippen LogP contribution is 2.34. The van der Waals surface area contributed by atoms with E-state index in [-0.39, 0.29) is 17.9 Å². The van der Waals surface area contributed by atoms with Crippen molar-refractivity contribution in [2.75, 3.05) is 30.9 Å². The van der Waals surface area contributed by atoms with E-state index in [0.717, 1.165) is 22.7 Å². The number of thiazole rings is 1. The molecular weight excluding hydrogens is 386 g/mol. The summed E-state index contributed by atoms with van der Waals surface area (Å²) in [4.78, 5) is 17.2. The summed E-state index contributed by atoms with van der Waals surface area (Å²) >= 11 is 1.41. The fourth-order valence-electron chi connectivity index (χ4n) is 2.88. The van der Waals surface area contributed by atoms with Gasteiger partial charge in [-0.25, -0.2) is 4.98 Å². The molecule has 3 N–H and O–H groups in total. The Morgan fingerprint density at radius 3 is 2.45 bits per heavy atom. The molecule has 3 aromatic rings. The van der Waals surface area contributed by atoms with Crippen LogP contribution >= 0.6 is 11.3 Å². The number of aliphatic hydroxyl groups excluding tert-OH is 1. The normalized spacial score (nSPS) is 11.2. The molecule has 7 heteroatoms. The van der Waals surface area contributed by atoms with Gasteiger partial charge in [0, 0.05) is 28.6 Å². The van der Waals surface area contributed by atoms with E-state index in [1.807, 2.05) is 41.8 Å². The summed E-state index contributed by atoms with van der Waals surface area (Å²) < 4.78 is 5.23. The highest BCUT2D eigenvalue weighted by Gasteiger charge is 2.26. The summed E-state index contributed by atoms with van der Waals surface area (Å²) in [7, 11) is 1.65. The van der Waals surface area contributed by atoms with Crippen molar-refractivity contribution in [3.8, 4) is 5.75 Å². The van der Waals surface area contributed by atoms with E-state index < -0.39 is 0 Å². The van der Waals surface area contributed by atoms with Gasteiger partial charge in [0.25, 0.3) is 5.91 Å². The second-order valence-corrected chi connectivity index (χ2v) is 7.93. The number of rotatable bonds is 8. The van der Waals surface area contributed by atoms with Crippen molar-refractivity contribution in [1.29, 1.82) is 0 Å². The van der Waals surface area contributed by atoms with Crippen molar-refractivity contribution in [3.63, 3.8) is 0 Å². The lowest BCUT2D eigenvalue weighted by atomic mass is 9.82. The van der Waals surface area contributed by atoms with Crippen molar-refractivity contribution < 1.29 is 14.6 Å². The number of benzene rings is 2. The molecule has 0 aliphatic heterocycles. The molecule has 6 nitrogen and oxygen atoms in total. The molecule has 3 rings (SSSR count). The monoisotopic (exact) mass is 411 g/mol. The highest BCUT2D eigenvalue weighted by atomic mass is 32.1. The van der Waals surface area contributed by atoms with Gasteiger partial charge in [0.2, 0.25) is 0 Å². The van der Waals surface area contributed by atoms with Crippen LogP contribution in [0.15, 0.2) is 53.9 Å². The summed E-state index contributed by atoms with van der Waals surface area (Å²) in [6.07, 6.45) is 0. The lowest BCUT2D eigenvalue weighted by Gasteiger charge is -2.23. The van der Waals surface area contributed by atoms with E-state index >= 15 is 0 Å². The number of aliphatic hydroxyl groups is 1. The number of hydrogen-bond acceptors (Lipinski definition) is 6. The van der Waals surface area contributed by atoms with Crippen LogP contribution in [0.3, 0.4) is 0 Å². The third-order valence-electron chi connectivity index (χ3n) is 4.76. The average molecular weight is 412 g/mol. The zero-order valence-electron chi connectivity index (χ0n) is 16.7. The maximum atomic E-state index is 12.5. The SMILES string of the molecule is COc1ccc(C(C)(C)c2csc(NC(=O)c3ccc(NCCO)cc3)n2)cc1.